The number of amides is 1. The maximum absolute atomic E-state index is 13.3. The minimum Gasteiger partial charge on any atom is -0.267 e. The topological polar surface area (TPSA) is 112 Å². The van der Waals surface area contributed by atoms with Gasteiger partial charge in [-0.15, -0.1) is 0 Å². The van der Waals surface area contributed by atoms with Crippen molar-refractivity contribution in [1.82, 2.24) is 4.98 Å². The molecule has 4 aromatic rings. The third kappa shape index (κ3) is 4.35. The maximum atomic E-state index is 13.3. The van der Waals surface area contributed by atoms with E-state index in [1.807, 2.05) is 31.2 Å². The number of carbonyl (C=O) groups is 1. The average molecular weight is 441 g/mol. The predicted molar refractivity (Wildman–Crippen MR) is 123 cm³/mol. The predicted octanol–water partition coefficient (Wildman–Crippen LogP) is 5.07. The van der Waals surface area contributed by atoms with Crippen LogP contribution in [0, 0.1) is 28.4 Å². The van der Waals surface area contributed by atoms with Gasteiger partial charge >= 0.3 is 0 Å². The second-order valence-corrected chi connectivity index (χ2v) is 7.88. The molecule has 0 N–H and O–H groups in total. The lowest BCUT2D eigenvalue weighted by Crippen LogP contribution is -2.25. The van der Waals surface area contributed by atoms with Crippen LogP contribution in [0.15, 0.2) is 71.8 Å². The molecule has 0 aliphatic rings. The third-order valence-corrected chi connectivity index (χ3v) is 5.59. The number of nitrogens with zero attached hydrogens (tertiary/aromatic N) is 5. The van der Waals surface area contributed by atoms with Crippen molar-refractivity contribution in [2.24, 2.45) is 5.10 Å². The number of aryl methyl sites for hydroxylation is 1. The van der Waals surface area contributed by atoms with Crippen molar-refractivity contribution in [3.63, 3.8) is 0 Å². The first kappa shape index (κ1) is 20.8. The molecule has 0 spiro atoms. The number of hydrazone groups is 1. The first-order valence-corrected chi connectivity index (χ1v) is 10.3. The lowest BCUT2D eigenvalue weighted by Gasteiger charge is -2.13. The zero-order chi connectivity index (χ0) is 22.7. The van der Waals surface area contributed by atoms with Gasteiger partial charge in [-0.3, -0.25) is 14.9 Å². The van der Waals surface area contributed by atoms with E-state index in [2.05, 4.69) is 10.1 Å². The van der Waals surface area contributed by atoms with E-state index in [0.717, 1.165) is 15.8 Å². The van der Waals surface area contributed by atoms with Crippen LogP contribution in [0.5, 0.6) is 0 Å². The summed E-state index contributed by atoms with van der Waals surface area (Å²) in [6.07, 6.45) is 1.45. The first-order chi connectivity index (χ1) is 15.4. The molecule has 8 nitrogen and oxygen atoms in total. The molecule has 0 fully saturated rings. The molecule has 1 aromatic heterocycles. The lowest BCUT2D eigenvalue weighted by atomic mass is 10.1. The van der Waals surface area contributed by atoms with Crippen LogP contribution in [0.1, 0.15) is 27.0 Å². The number of hydrogen-bond donors (Lipinski definition) is 0. The normalized spacial score (nSPS) is 10.9. The van der Waals surface area contributed by atoms with Gasteiger partial charge in [-0.25, -0.2) is 4.98 Å². The Hall–Kier alpha value is -4.42. The number of anilines is 1. The van der Waals surface area contributed by atoms with Crippen molar-refractivity contribution in [1.29, 1.82) is 5.26 Å². The molecule has 0 bridgehead atoms. The number of nitriles is 1. The van der Waals surface area contributed by atoms with Gasteiger partial charge in [-0.2, -0.15) is 15.4 Å². The number of nitro groups is 1. The molecule has 0 radical (unpaired) electrons. The highest BCUT2D eigenvalue weighted by molar-refractivity contribution is 7.22. The summed E-state index contributed by atoms with van der Waals surface area (Å²) < 4.78 is 0.920. The Balaban J connectivity index is 1.73. The Morgan fingerprint density at radius 3 is 2.53 bits per heavy atom. The molecule has 0 saturated heterocycles. The standard InChI is InChI=1S/C23H15N5O3S/c1-15-2-11-20-21(12-15)32-23(26-20)27(22(29)18-7-3-16(13-24)4-8-18)25-14-17-5-9-19(10-6-17)28(30)31/h2-12,14H,1H3/b25-14+. The van der Waals surface area contributed by atoms with Gasteiger partial charge in [0.2, 0.25) is 5.13 Å². The number of benzene rings is 3. The Bertz CT molecular complexity index is 1390. The monoisotopic (exact) mass is 441 g/mol. The van der Waals surface area contributed by atoms with E-state index in [-0.39, 0.29) is 5.69 Å². The van der Waals surface area contributed by atoms with Gasteiger partial charge in [0.25, 0.3) is 11.6 Å². The molecular weight excluding hydrogens is 426 g/mol. The summed E-state index contributed by atoms with van der Waals surface area (Å²) in [7, 11) is 0. The van der Waals surface area contributed by atoms with Crippen LogP contribution in [0.3, 0.4) is 0 Å². The summed E-state index contributed by atoms with van der Waals surface area (Å²) in [5.41, 5.74) is 3.17. The number of carbonyl (C=O) groups excluding carboxylic acids is 1. The van der Waals surface area contributed by atoms with E-state index in [0.29, 0.717) is 21.8 Å². The second-order valence-electron chi connectivity index (χ2n) is 6.87. The zero-order valence-electron chi connectivity index (χ0n) is 16.8. The number of aromatic nitrogens is 1. The molecule has 3 aromatic carbocycles. The Labute approximate surface area is 186 Å². The van der Waals surface area contributed by atoms with E-state index in [9.17, 15) is 14.9 Å². The molecule has 0 saturated carbocycles. The fraction of sp³-hybridized carbons (Fsp3) is 0.0435. The van der Waals surface area contributed by atoms with Crippen LogP contribution in [0.25, 0.3) is 10.2 Å². The minimum absolute atomic E-state index is 0.0331. The third-order valence-electron chi connectivity index (χ3n) is 4.59. The molecule has 0 atom stereocenters. The van der Waals surface area contributed by atoms with Gasteiger partial charge in [0.05, 0.1) is 33.0 Å². The Morgan fingerprint density at radius 2 is 1.88 bits per heavy atom. The van der Waals surface area contributed by atoms with Gasteiger partial charge in [-0.05, 0) is 66.6 Å². The van der Waals surface area contributed by atoms with Crippen LogP contribution < -0.4 is 5.01 Å². The Kier molecular flexibility index (Phi) is 5.70. The second kappa shape index (κ2) is 8.75. The molecular formula is C23H15N5O3S. The van der Waals surface area contributed by atoms with Crippen molar-refractivity contribution < 1.29 is 9.72 Å². The Morgan fingerprint density at radius 1 is 1.16 bits per heavy atom. The van der Waals surface area contributed by atoms with Crippen LogP contribution in [0.4, 0.5) is 10.8 Å². The number of thiazole rings is 1. The van der Waals surface area contributed by atoms with Crippen molar-refractivity contribution in [3.05, 3.63) is 99.1 Å². The molecule has 0 aliphatic heterocycles. The van der Waals surface area contributed by atoms with Crippen LogP contribution >= 0.6 is 11.3 Å². The molecule has 0 unspecified atom stereocenters. The number of nitro benzene ring substituents is 1. The maximum Gasteiger partial charge on any atom is 0.280 e. The highest BCUT2D eigenvalue weighted by Crippen LogP contribution is 2.30. The number of fused-ring (bicyclic) bond motifs is 1. The first-order valence-electron chi connectivity index (χ1n) is 9.45. The molecule has 0 aliphatic carbocycles. The summed E-state index contributed by atoms with van der Waals surface area (Å²) in [6.45, 7) is 1.98. The van der Waals surface area contributed by atoms with Crippen molar-refractivity contribution in [2.45, 2.75) is 6.92 Å². The van der Waals surface area contributed by atoms with Gasteiger partial charge < -0.3 is 0 Å². The number of non-ortho nitro benzene ring substituents is 1. The minimum atomic E-state index is -0.481. The SMILES string of the molecule is Cc1ccc2nc(N(/N=C/c3ccc([N+](=O)[O-])cc3)C(=O)c3ccc(C#N)cc3)sc2c1. The van der Waals surface area contributed by atoms with E-state index < -0.39 is 10.8 Å². The summed E-state index contributed by atoms with van der Waals surface area (Å²) in [4.78, 5) is 28.2. The summed E-state index contributed by atoms with van der Waals surface area (Å²) in [6, 6.07) is 19.9. The van der Waals surface area contributed by atoms with Crippen LogP contribution in [-0.4, -0.2) is 22.0 Å². The molecule has 1 amide bonds. The van der Waals surface area contributed by atoms with Crippen LogP contribution in [-0.2, 0) is 0 Å². The fourth-order valence-electron chi connectivity index (χ4n) is 2.92. The largest absolute Gasteiger partial charge is 0.280 e. The summed E-state index contributed by atoms with van der Waals surface area (Å²) >= 11 is 1.33. The van der Waals surface area contributed by atoms with Gasteiger partial charge in [-0.1, -0.05) is 17.4 Å². The van der Waals surface area contributed by atoms with Crippen molar-refractivity contribution in [3.8, 4) is 6.07 Å². The summed E-state index contributed by atoms with van der Waals surface area (Å²) in [5.74, 6) is -0.413. The highest BCUT2D eigenvalue weighted by atomic mass is 32.1. The average Bonchev–Trinajstić information content (AvgIpc) is 3.22. The molecule has 1 heterocycles. The molecule has 9 heteroatoms. The van der Waals surface area contributed by atoms with Gasteiger partial charge in [0.15, 0.2) is 0 Å². The van der Waals surface area contributed by atoms with E-state index >= 15 is 0 Å². The van der Waals surface area contributed by atoms with Gasteiger partial charge in [0, 0.05) is 17.7 Å². The fourth-order valence-corrected chi connectivity index (χ4v) is 3.94. The zero-order valence-corrected chi connectivity index (χ0v) is 17.6. The molecule has 32 heavy (non-hydrogen) atoms. The van der Waals surface area contributed by atoms with E-state index in [1.54, 1.807) is 36.4 Å². The molecule has 156 valence electrons. The van der Waals surface area contributed by atoms with E-state index in [1.165, 1.54) is 34.7 Å². The summed E-state index contributed by atoms with van der Waals surface area (Å²) in [5, 5.41) is 25.8. The van der Waals surface area contributed by atoms with Crippen LogP contribution in [0.2, 0.25) is 0 Å². The molecule has 4 rings (SSSR count). The highest BCUT2D eigenvalue weighted by Gasteiger charge is 2.21. The number of rotatable bonds is 5. The smallest absolute Gasteiger partial charge is 0.267 e. The van der Waals surface area contributed by atoms with Crippen molar-refractivity contribution >= 4 is 44.5 Å². The number of hydrogen-bond acceptors (Lipinski definition) is 7. The van der Waals surface area contributed by atoms with Crippen molar-refractivity contribution in [2.75, 3.05) is 5.01 Å². The quantitative estimate of drug-likeness (QED) is 0.244. The van der Waals surface area contributed by atoms with E-state index in [4.69, 9.17) is 5.26 Å². The lowest BCUT2D eigenvalue weighted by molar-refractivity contribution is -0.384. The van der Waals surface area contributed by atoms with Gasteiger partial charge in [0.1, 0.15) is 0 Å².